The number of carbonyl (C=O) groups excluding carboxylic acids is 2. The summed E-state index contributed by atoms with van der Waals surface area (Å²) in [5.41, 5.74) is 0.0787. The molecule has 0 radical (unpaired) electrons. The van der Waals surface area contributed by atoms with Crippen molar-refractivity contribution in [3.63, 3.8) is 0 Å². The first-order valence-corrected chi connectivity index (χ1v) is 6.78. The van der Waals surface area contributed by atoms with Crippen LogP contribution in [0.5, 0.6) is 0 Å². The van der Waals surface area contributed by atoms with E-state index in [1.165, 1.54) is 7.11 Å². The van der Waals surface area contributed by atoms with E-state index in [1.807, 2.05) is 0 Å². The highest BCUT2D eigenvalue weighted by molar-refractivity contribution is 5.81. The van der Waals surface area contributed by atoms with Crippen molar-refractivity contribution < 1.29 is 19.1 Å². The molecule has 1 rings (SSSR count). The molecule has 0 bridgehead atoms. The standard InChI is InChI=1S/C16H20N2O4/c1-16(2,3)22-15(20)18-13(14(19)21-4)9-5-7-12-8-6-10-17-11-12/h6,8,10-11,13H,9H2,1-4H3,(H,18,20)/t13-/m0/s1. The number of pyridine rings is 1. The maximum atomic E-state index is 11.7. The Hall–Kier alpha value is -2.55. The van der Waals surface area contributed by atoms with E-state index >= 15 is 0 Å². The first kappa shape index (κ1) is 17.5. The van der Waals surface area contributed by atoms with Crippen LogP contribution in [0.4, 0.5) is 4.79 Å². The molecule has 118 valence electrons. The Bertz CT molecular complexity index is 567. The smallest absolute Gasteiger partial charge is 0.408 e. The molecule has 0 saturated carbocycles. The zero-order valence-electron chi connectivity index (χ0n) is 13.2. The fourth-order valence-electron chi connectivity index (χ4n) is 1.48. The van der Waals surface area contributed by atoms with Gasteiger partial charge in [-0.15, -0.1) is 0 Å². The number of esters is 1. The molecule has 0 fully saturated rings. The highest BCUT2D eigenvalue weighted by atomic mass is 16.6. The summed E-state index contributed by atoms with van der Waals surface area (Å²) < 4.78 is 9.77. The zero-order chi connectivity index (χ0) is 16.6. The predicted octanol–water partition coefficient (Wildman–Crippen LogP) is 1.89. The number of ether oxygens (including phenoxy) is 2. The quantitative estimate of drug-likeness (QED) is 0.681. The summed E-state index contributed by atoms with van der Waals surface area (Å²) in [6.07, 6.45) is 2.68. The average molecular weight is 304 g/mol. The van der Waals surface area contributed by atoms with Crippen LogP contribution < -0.4 is 5.32 Å². The second-order valence-electron chi connectivity index (χ2n) is 5.47. The first-order valence-electron chi connectivity index (χ1n) is 6.78. The van der Waals surface area contributed by atoms with Gasteiger partial charge >= 0.3 is 12.1 Å². The summed E-state index contributed by atoms with van der Waals surface area (Å²) in [7, 11) is 1.25. The molecule has 0 aliphatic heterocycles. The van der Waals surface area contributed by atoms with Gasteiger partial charge in [0.25, 0.3) is 0 Å². The van der Waals surface area contributed by atoms with E-state index in [1.54, 1.807) is 45.3 Å². The lowest BCUT2D eigenvalue weighted by atomic mass is 10.2. The number of hydrogen-bond acceptors (Lipinski definition) is 5. The molecule has 1 N–H and O–H groups in total. The van der Waals surface area contributed by atoms with Crippen LogP contribution in [0, 0.1) is 11.8 Å². The Morgan fingerprint density at radius 1 is 1.41 bits per heavy atom. The SMILES string of the molecule is COC(=O)[C@H](CC#Cc1cccnc1)NC(=O)OC(C)(C)C. The number of rotatable bonds is 3. The second kappa shape index (κ2) is 8.03. The van der Waals surface area contributed by atoms with Crippen LogP contribution in [0.1, 0.15) is 32.8 Å². The normalized spacial score (nSPS) is 11.6. The van der Waals surface area contributed by atoms with Gasteiger partial charge in [-0.1, -0.05) is 11.8 Å². The Morgan fingerprint density at radius 2 is 2.14 bits per heavy atom. The molecule has 0 aliphatic carbocycles. The Balaban J connectivity index is 2.68. The third-order valence-electron chi connectivity index (χ3n) is 2.38. The fraction of sp³-hybridized carbons (Fsp3) is 0.438. The van der Waals surface area contributed by atoms with E-state index < -0.39 is 23.7 Å². The predicted molar refractivity (Wildman–Crippen MR) is 80.9 cm³/mol. The molecule has 0 unspecified atom stereocenters. The molecule has 0 saturated heterocycles. The molecule has 22 heavy (non-hydrogen) atoms. The van der Waals surface area contributed by atoms with E-state index in [4.69, 9.17) is 4.74 Å². The van der Waals surface area contributed by atoms with Crippen molar-refractivity contribution in [2.45, 2.75) is 38.8 Å². The lowest BCUT2D eigenvalue weighted by Crippen LogP contribution is -2.43. The largest absolute Gasteiger partial charge is 0.467 e. The minimum absolute atomic E-state index is 0.112. The number of amides is 1. The topological polar surface area (TPSA) is 77.5 Å². The highest BCUT2D eigenvalue weighted by Crippen LogP contribution is 2.07. The third kappa shape index (κ3) is 6.75. The molecule has 0 aromatic carbocycles. The minimum atomic E-state index is -0.885. The molecular formula is C16H20N2O4. The highest BCUT2D eigenvalue weighted by Gasteiger charge is 2.24. The molecule has 6 nitrogen and oxygen atoms in total. The van der Waals surface area contributed by atoms with Crippen molar-refractivity contribution in [1.29, 1.82) is 0 Å². The number of aromatic nitrogens is 1. The molecule has 1 heterocycles. The van der Waals surface area contributed by atoms with Crippen LogP contribution in [0.3, 0.4) is 0 Å². The van der Waals surface area contributed by atoms with Crippen LogP contribution in [-0.2, 0) is 14.3 Å². The van der Waals surface area contributed by atoms with Crippen molar-refractivity contribution >= 4 is 12.1 Å². The number of carbonyl (C=O) groups is 2. The van der Waals surface area contributed by atoms with Gasteiger partial charge in [0.05, 0.1) is 7.11 Å². The van der Waals surface area contributed by atoms with Gasteiger partial charge in [0.2, 0.25) is 0 Å². The number of nitrogens with one attached hydrogen (secondary N) is 1. The molecule has 1 aromatic rings. The molecule has 1 amide bonds. The molecule has 6 heteroatoms. The van der Waals surface area contributed by atoms with Gasteiger partial charge in [0.15, 0.2) is 0 Å². The lowest BCUT2D eigenvalue weighted by molar-refractivity contribution is -0.143. The third-order valence-corrected chi connectivity index (χ3v) is 2.38. The zero-order valence-corrected chi connectivity index (χ0v) is 13.2. The summed E-state index contributed by atoms with van der Waals surface area (Å²) >= 11 is 0. The van der Waals surface area contributed by atoms with Crippen LogP contribution in [0.25, 0.3) is 0 Å². The number of methoxy groups -OCH3 is 1. The van der Waals surface area contributed by atoms with Gasteiger partial charge in [-0.3, -0.25) is 4.98 Å². The number of hydrogen-bond donors (Lipinski definition) is 1. The number of alkyl carbamates (subject to hydrolysis) is 1. The van der Waals surface area contributed by atoms with Crippen LogP contribution >= 0.6 is 0 Å². The van der Waals surface area contributed by atoms with E-state index in [9.17, 15) is 9.59 Å². The van der Waals surface area contributed by atoms with Crippen LogP contribution in [-0.4, -0.2) is 35.8 Å². The van der Waals surface area contributed by atoms with Crippen molar-refractivity contribution in [3.8, 4) is 11.8 Å². The Kier molecular flexibility index (Phi) is 6.39. The minimum Gasteiger partial charge on any atom is -0.467 e. The number of nitrogens with zero attached hydrogens (tertiary/aromatic N) is 1. The monoisotopic (exact) mass is 304 g/mol. The lowest BCUT2D eigenvalue weighted by Gasteiger charge is -2.21. The van der Waals surface area contributed by atoms with E-state index in [2.05, 4.69) is 26.9 Å². The van der Waals surface area contributed by atoms with E-state index in [0.717, 1.165) is 5.56 Å². The van der Waals surface area contributed by atoms with Gasteiger partial charge in [-0.2, -0.15) is 0 Å². The van der Waals surface area contributed by atoms with E-state index in [-0.39, 0.29) is 6.42 Å². The fourth-order valence-corrected chi connectivity index (χ4v) is 1.48. The van der Waals surface area contributed by atoms with Gasteiger partial charge < -0.3 is 14.8 Å². The van der Waals surface area contributed by atoms with Crippen molar-refractivity contribution in [2.24, 2.45) is 0 Å². The Labute approximate surface area is 130 Å². The van der Waals surface area contributed by atoms with Crippen LogP contribution in [0.2, 0.25) is 0 Å². The first-order chi connectivity index (χ1) is 10.3. The second-order valence-corrected chi connectivity index (χ2v) is 5.47. The molecule has 0 spiro atoms. The summed E-state index contributed by atoms with van der Waals surface area (Å²) in [6, 6.07) is 2.68. The maximum Gasteiger partial charge on any atom is 0.408 e. The summed E-state index contributed by atoms with van der Waals surface area (Å²) in [6.45, 7) is 5.21. The van der Waals surface area contributed by atoms with Crippen molar-refractivity contribution in [3.05, 3.63) is 30.1 Å². The van der Waals surface area contributed by atoms with Crippen molar-refractivity contribution in [1.82, 2.24) is 10.3 Å². The molecule has 1 atom stereocenters. The van der Waals surface area contributed by atoms with Crippen LogP contribution in [0.15, 0.2) is 24.5 Å². The summed E-state index contributed by atoms with van der Waals surface area (Å²) in [4.78, 5) is 27.3. The van der Waals surface area contributed by atoms with Gasteiger partial charge in [-0.05, 0) is 32.9 Å². The van der Waals surface area contributed by atoms with Gasteiger partial charge in [0, 0.05) is 24.4 Å². The van der Waals surface area contributed by atoms with Gasteiger partial charge in [-0.25, -0.2) is 9.59 Å². The maximum absolute atomic E-state index is 11.7. The van der Waals surface area contributed by atoms with E-state index in [0.29, 0.717) is 0 Å². The van der Waals surface area contributed by atoms with Crippen molar-refractivity contribution in [2.75, 3.05) is 7.11 Å². The molecule has 1 aromatic heterocycles. The summed E-state index contributed by atoms with van der Waals surface area (Å²) in [5.74, 6) is 5.11. The summed E-state index contributed by atoms with van der Waals surface area (Å²) in [5, 5.41) is 2.46. The average Bonchev–Trinajstić information content (AvgIpc) is 2.44. The molecule has 0 aliphatic rings. The van der Waals surface area contributed by atoms with Gasteiger partial charge in [0.1, 0.15) is 11.6 Å². The Morgan fingerprint density at radius 3 is 2.68 bits per heavy atom. The molecular weight excluding hydrogens is 284 g/mol.